The zero-order valence-electron chi connectivity index (χ0n) is 19.8. The Kier molecular flexibility index (Phi) is 10.6. The van der Waals surface area contributed by atoms with Crippen LogP contribution < -0.4 is 20.3 Å². The minimum absolute atomic E-state index is 0. The summed E-state index contributed by atoms with van der Waals surface area (Å²) in [6.45, 7) is 8.38. The highest BCUT2D eigenvalue weighted by atomic mass is 127. The molecule has 0 unspecified atom stereocenters. The van der Waals surface area contributed by atoms with Gasteiger partial charge in [-0.2, -0.15) is 0 Å². The van der Waals surface area contributed by atoms with Crippen molar-refractivity contribution in [2.24, 2.45) is 4.99 Å². The van der Waals surface area contributed by atoms with Crippen LogP contribution in [-0.4, -0.2) is 70.3 Å². The van der Waals surface area contributed by atoms with E-state index in [1.54, 1.807) is 0 Å². The molecule has 0 aliphatic carbocycles. The van der Waals surface area contributed by atoms with Crippen LogP contribution in [0.1, 0.15) is 24.0 Å². The molecular formula is C26H38IN5O. The van der Waals surface area contributed by atoms with Gasteiger partial charge >= 0.3 is 0 Å². The first-order valence-corrected chi connectivity index (χ1v) is 12.0. The number of nitrogens with one attached hydrogen (secondary N) is 2. The first kappa shape index (κ1) is 25.6. The number of rotatable bonds is 9. The van der Waals surface area contributed by atoms with Gasteiger partial charge in [-0.05, 0) is 55.1 Å². The van der Waals surface area contributed by atoms with Crippen LogP contribution in [0.15, 0.2) is 53.5 Å². The van der Waals surface area contributed by atoms with Crippen molar-refractivity contribution < 1.29 is 4.74 Å². The molecule has 2 aromatic rings. The Morgan fingerprint density at radius 2 is 1.76 bits per heavy atom. The molecule has 7 heteroatoms. The normalized spacial score (nSPS) is 16.0. The van der Waals surface area contributed by atoms with Crippen molar-refractivity contribution in [1.29, 1.82) is 0 Å². The van der Waals surface area contributed by atoms with E-state index in [0.717, 1.165) is 76.8 Å². The first-order valence-electron chi connectivity index (χ1n) is 12.0. The van der Waals surface area contributed by atoms with Crippen LogP contribution in [0.2, 0.25) is 0 Å². The molecule has 0 saturated carbocycles. The summed E-state index contributed by atoms with van der Waals surface area (Å²) in [5, 5.41) is 6.89. The predicted molar refractivity (Wildman–Crippen MR) is 148 cm³/mol. The molecular weight excluding hydrogens is 525 g/mol. The molecule has 0 bridgehead atoms. The number of unbranched alkanes of at least 4 members (excludes halogenated alkanes) is 1. The quantitative estimate of drug-likeness (QED) is 0.212. The van der Waals surface area contributed by atoms with Gasteiger partial charge in [0.15, 0.2) is 5.96 Å². The van der Waals surface area contributed by atoms with E-state index in [0.29, 0.717) is 0 Å². The van der Waals surface area contributed by atoms with E-state index in [1.165, 1.54) is 29.8 Å². The minimum Gasteiger partial charge on any atom is -0.493 e. The molecule has 2 aliphatic rings. The van der Waals surface area contributed by atoms with Crippen molar-refractivity contribution in [1.82, 2.24) is 15.5 Å². The highest BCUT2D eigenvalue weighted by Gasteiger charge is 2.16. The number of anilines is 1. The Bertz CT molecular complexity index is 868. The lowest BCUT2D eigenvalue weighted by Gasteiger charge is -2.36. The minimum atomic E-state index is 0. The molecule has 33 heavy (non-hydrogen) atoms. The Labute approximate surface area is 215 Å². The zero-order chi connectivity index (χ0) is 22.0. The van der Waals surface area contributed by atoms with E-state index in [2.05, 4.69) is 74.0 Å². The molecule has 4 rings (SSSR count). The summed E-state index contributed by atoms with van der Waals surface area (Å²) in [5.74, 6) is 1.95. The molecule has 0 amide bonds. The SMILES string of the molecule is CN=C(NCCCCN1CCN(c2ccccc2)CC1)NCCc1ccc2c(c1)CCO2.I. The molecule has 0 spiro atoms. The van der Waals surface area contributed by atoms with Crippen LogP contribution in [0.4, 0.5) is 5.69 Å². The van der Waals surface area contributed by atoms with Gasteiger partial charge in [0, 0.05) is 58.4 Å². The van der Waals surface area contributed by atoms with Crippen LogP contribution in [0.5, 0.6) is 5.75 Å². The summed E-state index contributed by atoms with van der Waals surface area (Å²) in [4.78, 5) is 9.44. The molecule has 2 heterocycles. The maximum atomic E-state index is 5.59. The number of benzene rings is 2. The zero-order valence-corrected chi connectivity index (χ0v) is 22.1. The van der Waals surface area contributed by atoms with Crippen molar-refractivity contribution in [3.63, 3.8) is 0 Å². The van der Waals surface area contributed by atoms with E-state index in [4.69, 9.17) is 4.74 Å². The topological polar surface area (TPSA) is 52.1 Å². The number of nitrogens with zero attached hydrogens (tertiary/aromatic N) is 3. The number of hydrogen-bond acceptors (Lipinski definition) is 4. The summed E-state index contributed by atoms with van der Waals surface area (Å²) < 4.78 is 5.59. The average Bonchev–Trinajstić information content (AvgIpc) is 3.32. The molecule has 1 fully saturated rings. The fourth-order valence-electron chi connectivity index (χ4n) is 4.48. The highest BCUT2D eigenvalue weighted by molar-refractivity contribution is 14.0. The number of para-hydroxylation sites is 1. The van der Waals surface area contributed by atoms with Gasteiger partial charge in [0.2, 0.25) is 0 Å². The molecule has 0 atom stereocenters. The van der Waals surface area contributed by atoms with Crippen molar-refractivity contribution in [2.75, 3.05) is 64.4 Å². The van der Waals surface area contributed by atoms with Gasteiger partial charge in [0.25, 0.3) is 0 Å². The summed E-state index contributed by atoms with van der Waals surface area (Å²) >= 11 is 0. The number of halogens is 1. The van der Waals surface area contributed by atoms with Crippen molar-refractivity contribution in [3.05, 3.63) is 59.7 Å². The van der Waals surface area contributed by atoms with E-state index < -0.39 is 0 Å². The Morgan fingerprint density at radius 3 is 2.55 bits per heavy atom. The number of piperazine rings is 1. The van der Waals surface area contributed by atoms with Crippen molar-refractivity contribution in [3.8, 4) is 5.75 Å². The third kappa shape index (κ3) is 7.78. The van der Waals surface area contributed by atoms with E-state index in [1.807, 2.05) is 7.05 Å². The summed E-state index contributed by atoms with van der Waals surface area (Å²) in [6, 6.07) is 17.3. The monoisotopic (exact) mass is 563 g/mol. The van der Waals surface area contributed by atoms with Gasteiger partial charge in [-0.1, -0.05) is 30.3 Å². The van der Waals surface area contributed by atoms with Crippen LogP contribution in [0.25, 0.3) is 0 Å². The molecule has 180 valence electrons. The van der Waals surface area contributed by atoms with Gasteiger partial charge in [0.1, 0.15) is 5.75 Å². The number of fused-ring (bicyclic) bond motifs is 1. The Balaban J connectivity index is 0.00000306. The van der Waals surface area contributed by atoms with Crippen molar-refractivity contribution in [2.45, 2.75) is 25.7 Å². The van der Waals surface area contributed by atoms with Crippen LogP contribution >= 0.6 is 24.0 Å². The van der Waals surface area contributed by atoms with E-state index in [9.17, 15) is 0 Å². The number of guanidine groups is 1. The largest absolute Gasteiger partial charge is 0.493 e. The Hall–Kier alpha value is -2.00. The number of aliphatic imine (C=N–C) groups is 1. The average molecular weight is 564 g/mol. The molecule has 2 aromatic carbocycles. The maximum absolute atomic E-state index is 5.59. The number of ether oxygens (including phenoxy) is 1. The summed E-state index contributed by atoms with van der Waals surface area (Å²) in [6.07, 6.45) is 4.39. The van der Waals surface area contributed by atoms with Crippen LogP contribution in [0.3, 0.4) is 0 Å². The molecule has 0 aromatic heterocycles. The third-order valence-electron chi connectivity index (χ3n) is 6.37. The number of hydrogen-bond donors (Lipinski definition) is 2. The molecule has 0 radical (unpaired) electrons. The summed E-state index contributed by atoms with van der Waals surface area (Å²) in [7, 11) is 1.84. The third-order valence-corrected chi connectivity index (χ3v) is 6.37. The van der Waals surface area contributed by atoms with Crippen molar-refractivity contribution >= 4 is 35.6 Å². The van der Waals surface area contributed by atoms with Gasteiger partial charge < -0.3 is 20.3 Å². The molecule has 1 saturated heterocycles. The molecule has 2 N–H and O–H groups in total. The van der Waals surface area contributed by atoms with Gasteiger partial charge in [-0.15, -0.1) is 24.0 Å². The standard InChI is InChI=1S/C26H37N5O.HI/c1-27-26(29-14-11-22-9-10-25-23(21-22)12-20-32-25)28-13-5-6-15-30-16-18-31(19-17-30)24-7-3-2-4-8-24;/h2-4,7-10,21H,5-6,11-20H2,1H3,(H2,27,28,29);1H. The smallest absolute Gasteiger partial charge is 0.190 e. The second-order valence-electron chi connectivity index (χ2n) is 8.59. The Morgan fingerprint density at radius 1 is 0.970 bits per heavy atom. The van der Waals surface area contributed by atoms with Crippen LogP contribution in [0, 0.1) is 0 Å². The van der Waals surface area contributed by atoms with E-state index >= 15 is 0 Å². The van der Waals surface area contributed by atoms with Gasteiger partial charge in [0.05, 0.1) is 6.61 Å². The second-order valence-corrected chi connectivity index (χ2v) is 8.59. The van der Waals surface area contributed by atoms with Gasteiger partial charge in [-0.3, -0.25) is 9.89 Å². The van der Waals surface area contributed by atoms with Crippen LogP contribution in [-0.2, 0) is 12.8 Å². The lowest BCUT2D eigenvalue weighted by atomic mass is 10.1. The highest BCUT2D eigenvalue weighted by Crippen LogP contribution is 2.25. The van der Waals surface area contributed by atoms with E-state index in [-0.39, 0.29) is 24.0 Å². The molecule has 2 aliphatic heterocycles. The second kappa shape index (κ2) is 13.6. The first-order chi connectivity index (χ1) is 15.8. The summed E-state index contributed by atoms with van der Waals surface area (Å²) in [5.41, 5.74) is 4.04. The lowest BCUT2D eigenvalue weighted by Crippen LogP contribution is -2.46. The lowest BCUT2D eigenvalue weighted by molar-refractivity contribution is 0.253. The molecule has 6 nitrogen and oxygen atoms in total. The fraction of sp³-hybridized carbons (Fsp3) is 0.500. The maximum Gasteiger partial charge on any atom is 0.190 e. The van der Waals surface area contributed by atoms with Gasteiger partial charge in [-0.25, -0.2) is 0 Å². The predicted octanol–water partition coefficient (Wildman–Crippen LogP) is 3.55. The fourth-order valence-corrected chi connectivity index (χ4v) is 4.48.